The molecule has 0 bridgehead atoms. The second kappa shape index (κ2) is 5.16. The smallest absolute Gasteiger partial charge is 0.164 e. The van der Waals surface area contributed by atoms with Crippen molar-refractivity contribution in [3.63, 3.8) is 0 Å². The number of rotatable bonds is 3. The Morgan fingerprint density at radius 1 is 1.14 bits per heavy atom. The minimum Gasteiger partial charge on any atom is -0.399 e. The van der Waals surface area contributed by atoms with Crippen LogP contribution in [0, 0.1) is 13.8 Å². The van der Waals surface area contributed by atoms with Gasteiger partial charge in [0.2, 0.25) is 0 Å². The van der Waals surface area contributed by atoms with Crippen molar-refractivity contribution in [3.8, 4) is 0 Å². The first-order valence-electron chi connectivity index (χ1n) is 7.08. The summed E-state index contributed by atoms with van der Waals surface area (Å²) in [6.45, 7) is 6.14. The highest BCUT2D eigenvalue weighted by molar-refractivity contribution is 5.41. The molecule has 2 aromatic heterocycles. The van der Waals surface area contributed by atoms with Gasteiger partial charge in [-0.15, -0.1) is 10.2 Å². The van der Waals surface area contributed by atoms with E-state index in [1.807, 2.05) is 36.4 Å². The summed E-state index contributed by atoms with van der Waals surface area (Å²) in [5.41, 5.74) is 9.60. The Hall–Kier alpha value is -2.43. The maximum Gasteiger partial charge on any atom is 0.164 e. The van der Waals surface area contributed by atoms with Crippen molar-refractivity contribution in [3.05, 3.63) is 53.2 Å². The fourth-order valence-corrected chi connectivity index (χ4v) is 2.65. The Balaban J connectivity index is 1.93. The fraction of sp³-hybridized carbons (Fsp3) is 0.312. The van der Waals surface area contributed by atoms with Gasteiger partial charge in [-0.1, -0.05) is 19.1 Å². The number of aromatic nitrogens is 4. The molecule has 1 atom stereocenters. The Morgan fingerprint density at radius 3 is 2.57 bits per heavy atom. The molecule has 5 heteroatoms. The third-order valence-electron chi connectivity index (χ3n) is 3.75. The molecule has 0 saturated carbocycles. The maximum absolute atomic E-state index is 5.74. The van der Waals surface area contributed by atoms with Gasteiger partial charge in [-0.3, -0.25) is 4.40 Å². The van der Waals surface area contributed by atoms with E-state index in [1.54, 1.807) is 0 Å². The van der Waals surface area contributed by atoms with Crippen LogP contribution < -0.4 is 5.73 Å². The van der Waals surface area contributed by atoms with Gasteiger partial charge in [0.15, 0.2) is 5.65 Å². The van der Waals surface area contributed by atoms with E-state index in [9.17, 15) is 0 Å². The van der Waals surface area contributed by atoms with E-state index in [0.29, 0.717) is 5.92 Å². The van der Waals surface area contributed by atoms with E-state index in [-0.39, 0.29) is 0 Å². The zero-order chi connectivity index (χ0) is 15.0. The molecule has 21 heavy (non-hydrogen) atoms. The van der Waals surface area contributed by atoms with Gasteiger partial charge in [-0.2, -0.15) is 0 Å². The van der Waals surface area contributed by atoms with Gasteiger partial charge < -0.3 is 5.73 Å². The molecule has 0 spiro atoms. The van der Waals surface area contributed by atoms with Crippen LogP contribution in [0.1, 0.15) is 35.7 Å². The van der Waals surface area contributed by atoms with Gasteiger partial charge in [-0.05, 0) is 37.5 Å². The lowest BCUT2D eigenvalue weighted by Gasteiger charge is -2.11. The molecular weight excluding hydrogens is 262 g/mol. The molecule has 2 N–H and O–H groups in total. The van der Waals surface area contributed by atoms with Crippen LogP contribution in [0.4, 0.5) is 5.69 Å². The van der Waals surface area contributed by atoms with Crippen LogP contribution in [0.2, 0.25) is 0 Å². The summed E-state index contributed by atoms with van der Waals surface area (Å²) in [5.74, 6) is 2.22. The molecule has 2 heterocycles. The van der Waals surface area contributed by atoms with Crippen LogP contribution in [-0.2, 0) is 6.42 Å². The van der Waals surface area contributed by atoms with E-state index < -0.39 is 0 Å². The zero-order valence-corrected chi connectivity index (χ0v) is 12.5. The number of hydrogen-bond donors (Lipinski definition) is 1. The van der Waals surface area contributed by atoms with Crippen LogP contribution >= 0.6 is 0 Å². The number of hydrogen-bond acceptors (Lipinski definition) is 4. The molecule has 0 aliphatic heterocycles. The molecule has 108 valence electrons. The Labute approximate surface area is 123 Å². The minimum absolute atomic E-state index is 0.346. The monoisotopic (exact) mass is 281 g/mol. The maximum atomic E-state index is 5.74. The van der Waals surface area contributed by atoms with E-state index >= 15 is 0 Å². The van der Waals surface area contributed by atoms with Crippen molar-refractivity contribution in [1.82, 2.24) is 19.6 Å². The normalized spacial score (nSPS) is 12.7. The third-order valence-corrected chi connectivity index (χ3v) is 3.75. The molecule has 0 aliphatic carbocycles. The summed E-state index contributed by atoms with van der Waals surface area (Å²) < 4.78 is 2.03. The van der Waals surface area contributed by atoms with Crippen molar-refractivity contribution >= 4 is 11.3 Å². The quantitative estimate of drug-likeness (QED) is 0.749. The number of aryl methyl sites for hydroxylation is 2. The second-order valence-corrected chi connectivity index (χ2v) is 5.53. The molecule has 3 rings (SSSR count). The average molecular weight is 281 g/mol. The fourth-order valence-electron chi connectivity index (χ4n) is 2.65. The lowest BCUT2D eigenvalue weighted by Crippen LogP contribution is -2.06. The third kappa shape index (κ3) is 2.59. The first kappa shape index (κ1) is 13.5. The molecule has 0 radical (unpaired) electrons. The van der Waals surface area contributed by atoms with Gasteiger partial charge in [0.25, 0.3) is 0 Å². The largest absolute Gasteiger partial charge is 0.399 e. The van der Waals surface area contributed by atoms with Crippen LogP contribution in [-0.4, -0.2) is 19.6 Å². The summed E-state index contributed by atoms with van der Waals surface area (Å²) in [5, 5.41) is 8.58. The van der Waals surface area contributed by atoms with Crippen LogP contribution in [0.3, 0.4) is 0 Å². The summed E-state index contributed by atoms with van der Waals surface area (Å²) in [4.78, 5) is 4.49. The van der Waals surface area contributed by atoms with Crippen molar-refractivity contribution in [2.24, 2.45) is 0 Å². The molecule has 0 saturated heterocycles. The van der Waals surface area contributed by atoms with Crippen LogP contribution in [0.15, 0.2) is 30.3 Å². The van der Waals surface area contributed by atoms with E-state index in [4.69, 9.17) is 5.73 Å². The lowest BCUT2D eigenvalue weighted by atomic mass is 9.97. The number of nitrogens with two attached hydrogens (primary N) is 1. The lowest BCUT2D eigenvalue weighted by molar-refractivity contribution is 0.702. The molecular formula is C16H19N5. The second-order valence-electron chi connectivity index (χ2n) is 5.53. The van der Waals surface area contributed by atoms with Crippen LogP contribution in [0.25, 0.3) is 5.65 Å². The SMILES string of the molecule is Cc1cc2nnc(CC(C)c3ccc(N)cc3)n2c(C)n1. The van der Waals surface area contributed by atoms with Gasteiger partial charge in [0.1, 0.15) is 11.6 Å². The summed E-state index contributed by atoms with van der Waals surface area (Å²) in [6, 6.07) is 9.96. The Morgan fingerprint density at radius 2 is 1.86 bits per heavy atom. The number of anilines is 1. The van der Waals surface area contributed by atoms with Gasteiger partial charge in [0.05, 0.1) is 0 Å². The number of nitrogens with zero attached hydrogens (tertiary/aromatic N) is 4. The van der Waals surface area contributed by atoms with Crippen molar-refractivity contribution in [2.75, 3.05) is 5.73 Å². The van der Waals surface area contributed by atoms with Crippen LogP contribution in [0.5, 0.6) is 0 Å². The number of fused-ring (bicyclic) bond motifs is 1. The summed E-state index contributed by atoms with van der Waals surface area (Å²) in [6.07, 6.45) is 0.816. The zero-order valence-electron chi connectivity index (χ0n) is 12.5. The standard InChI is InChI=1S/C16H19N5/c1-10(13-4-6-14(17)7-5-13)8-15-19-20-16-9-11(2)18-12(3)21(15)16/h4-7,9-10H,8,17H2,1-3H3. The topological polar surface area (TPSA) is 69.1 Å². The van der Waals surface area contributed by atoms with Gasteiger partial charge in [0, 0.05) is 23.9 Å². The predicted octanol–water partition coefficient (Wildman–Crippen LogP) is 2.67. The van der Waals surface area contributed by atoms with Crippen molar-refractivity contribution < 1.29 is 0 Å². The Kier molecular flexibility index (Phi) is 3.33. The number of benzene rings is 1. The van der Waals surface area contributed by atoms with Gasteiger partial charge in [-0.25, -0.2) is 4.98 Å². The molecule has 1 aromatic carbocycles. The summed E-state index contributed by atoms with van der Waals surface area (Å²) in [7, 11) is 0. The van der Waals surface area contributed by atoms with E-state index in [2.05, 4.69) is 34.2 Å². The molecule has 5 nitrogen and oxygen atoms in total. The number of nitrogen functional groups attached to an aromatic ring is 1. The highest BCUT2D eigenvalue weighted by Crippen LogP contribution is 2.21. The first-order valence-corrected chi connectivity index (χ1v) is 7.08. The predicted molar refractivity (Wildman–Crippen MR) is 83.2 cm³/mol. The van der Waals surface area contributed by atoms with E-state index in [1.165, 1.54) is 5.56 Å². The van der Waals surface area contributed by atoms with Gasteiger partial charge >= 0.3 is 0 Å². The summed E-state index contributed by atoms with van der Waals surface area (Å²) >= 11 is 0. The minimum atomic E-state index is 0.346. The molecule has 0 amide bonds. The molecule has 1 unspecified atom stereocenters. The highest BCUT2D eigenvalue weighted by Gasteiger charge is 2.14. The average Bonchev–Trinajstić information content (AvgIpc) is 2.82. The van der Waals surface area contributed by atoms with E-state index in [0.717, 1.165) is 35.1 Å². The Bertz CT molecular complexity index is 773. The molecule has 0 fully saturated rings. The first-order chi connectivity index (χ1) is 10.0. The molecule has 3 aromatic rings. The van der Waals surface area contributed by atoms with Crippen molar-refractivity contribution in [1.29, 1.82) is 0 Å². The highest BCUT2D eigenvalue weighted by atomic mass is 15.3. The van der Waals surface area contributed by atoms with Crippen molar-refractivity contribution in [2.45, 2.75) is 33.1 Å². The molecule has 0 aliphatic rings.